The molecule has 0 unspecified atom stereocenters. The van der Waals surface area contributed by atoms with Crippen LogP contribution >= 0.6 is 0 Å². The molecule has 0 atom stereocenters. The minimum Gasteiger partial charge on any atom is -0.507 e. The van der Waals surface area contributed by atoms with Crippen LogP contribution in [-0.2, 0) is 38.9 Å². The normalized spacial score (nSPS) is 12.9. The van der Waals surface area contributed by atoms with Crippen molar-refractivity contribution in [1.29, 1.82) is 0 Å². The molecule has 0 spiro atoms. The maximum Gasteiger partial charge on any atom is 0.123 e. The number of benzene rings is 3. The highest BCUT2D eigenvalue weighted by Gasteiger charge is 2.28. The second-order valence-electron chi connectivity index (χ2n) is 19.8. The molecule has 0 aliphatic carbocycles. The van der Waals surface area contributed by atoms with Gasteiger partial charge in [0.25, 0.3) is 0 Å². The van der Waals surface area contributed by atoms with Gasteiger partial charge in [0, 0.05) is 0 Å². The summed E-state index contributed by atoms with van der Waals surface area (Å²) < 4.78 is 0. The molecule has 0 heterocycles. The average Bonchev–Trinajstić information content (AvgIpc) is 2.87. The van der Waals surface area contributed by atoms with Crippen molar-refractivity contribution in [2.45, 2.75) is 177 Å². The molecule has 48 heavy (non-hydrogen) atoms. The Hall–Kier alpha value is -2.94. The number of hydrogen-bond donors (Lipinski definition) is 3. The van der Waals surface area contributed by atoms with E-state index in [2.05, 4.69) is 163 Å². The number of rotatable bonds is 1. The summed E-state index contributed by atoms with van der Waals surface area (Å²) >= 11 is 0. The SMILES string of the molecule is CC(C)(C)c1cccc(C(C)(C)C)c1O.CCc1cc(C(C)(C)C)c(O)c(C(C)(C)C)c1.Cc1cc(C(C)(C)C)c(O)c(C(C)(C)C)c1. The van der Waals surface area contributed by atoms with E-state index in [9.17, 15) is 15.3 Å². The molecule has 3 aromatic rings. The highest BCUT2D eigenvalue weighted by molar-refractivity contribution is 5.51. The molecule has 0 radical (unpaired) electrons. The van der Waals surface area contributed by atoms with E-state index in [0.29, 0.717) is 17.2 Å². The maximum absolute atomic E-state index is 10.5. The fraction of sp³-hybridized carbons (Fsp3) is 0.600. The van der Waals surface area contributed by atoms with E-state index in [-0.39, 0.29) is 32.5 Å². The van der Waals surface area contributed by atoms with Gasteiger partial charge in [-0.15, -0.1) is 0 Å². The molecule has 0 aliphatic heterocycles. The van der Waals surface area contributed by atoms with Gasteiger partial charge in [0.1, 0.15) is 17.2 Å². The molecule has 0 amide bonds. The molecule has 0 aliphatic rings. The Morgan fingerprint density at radius 3 is 0.854 bits per heavy atom. The van der Waals surface area contributed by atoms with Crippen molar-refractivity contribution < 1.29 is 15.3 Å². The quantitative estimate of drug-likeness (QED) is 0.243. The van der Waals surface area contributed by atoms with Gasteiger partial charge in [-0.3, -0.25) is 0 Å². The molecule has 0 bridgehead atoms. The van der Waals surface area contributed by atoms with Crippen LogP contribution in [0.2, 0.25) is 0 Å². The summed E-state index contributed by atoms with van der Waals surface area (Å²) in [7, 11) is 0. The fourth-order valence-electron chi connectivity index (χ4n) is 5.72. The Bertz CT molecular complexity index is 1410. The molecule has 0 fully saturated rings. The van der Waals surface area contributed by atoms with E-state index < -0.39 is 0 Å². The lowest BCUT2D eigenvalue weighted by atomic mass is 9.78. The predicted octanol–water partition coefficient (Wildman–Crippen LogP) is 12.8. The second-order valence-corrected chi connectivity index (χ2v) is 19.8. The first-order valence-corrected chi connectivity index (χ1v) is 17.8. The summed E-state index contributed by atoms with van der Waals surface area (Å²) in [5, 5.41) is 31.1. The number of para-hydroxylation sites is 1. The molecule has 0 saturated heterocycles. The lowest BCUT2D eigenvalue weighted by molar-refractivity contribution is 0.422. The highest BCUT2D eigenvalue weighted by Crippen LogP contribution is 2.41. The Morgan fingerprint density at radius 1 is 0.396 bits per heavy atom. The van der Waals surface area contributed by atoms with Gasteiger partial charge in [-0.05, 0) is 84.8 Å². The lowest BCUT2D eigenvalue weighted by Gasteiger charge is -2.28. The van der Waals surface area contributed by atoms with Gasteiger partial charge in [-0.25, -0.2) is 0 Å². The topological polar surface area (TPSA) is 60.7 Å². The van der Waals surface area contributed by atoms with Crippen LogP contribution in [0.15, 0.2) is 42.5 Å². The van der Waals surface area contributed by atoms with Crippen LogP contribution in [0.5, 0.6) is 17.2 Å². The van der Waals surface area contributed by atoms with Gasteiger partial charge in [0.2, 0.25) is 0 Å². The molecule has 0 aromatic heterocycles. The van der Waals surface area contributed by atoms with Crippen LogP contribution in [0.1, 0.15) is 176 Å². The van der Waals surface area contributed by atoms with Crippen molar-refractivity contribution in [2.24, 2.45) is 0 Å². The van der Waals surface area contributed by atoms with Crippen LogP contribution in [0, 0.1) is 6.92 Å². The molecule has 3 aromatic carbocycles. The van der Waals surface area contributed by atoms with Crippen LogP contribution in [0.3, 0.4) is 0 Å². The van der Waals surface area contributed by atoms with E-state index in [1.165, 1.54) is 11.1 Å². The summed E-state index contributed by atoms with van der Waals surface area (Å²) in [5.74, 6) is 1.39. The molecule has 3 N–H and O–H groups in total. The number of phenolic OH excluding ortho intramolecular Hbond substituents is 3. The third-order valence-electron chi connectivity index (χ3n) is 8.72. The van der Waals surface area contributed by atoms with Crippen LogP contribution in [-0.4, -0.2) is 15.3 Å². The first-order valence-electron chi connectivity index (χ1n) is 17.8. The second kappa shape index (κ2) is 14.9. The number of phenols is 3. The van der Waals surface area contributed by atoms with E-state index in [0.717, 1.165) is 39.8 Å². The zero-order valence-corrected chi connectivity index (χ0v) is 34.6. The van der Waals surface area contributed by atoms with Gasteiger partial charge >= 0.3 is 0 Å². The van der Waals surface area contributed by atoms with Crippen molar-refractivity contribution in [3.05, 3.63) is 87.0 Å². The summed E-state index contributed by atoms with van der Waals surface area (Å²) in [6.45, 7) is 42.6. The molecule has 3 nitrogen and oxygen atoms in total. The van der Waals surface area contributed by atoms with Gasteiger partial charge in [-0.2, -0.15) is 0 Å². The van der Waals surface area contributed by atoms with E-state index in [1.807, 2.05) is 18.2 Å². The van der Waals surface area contributed by atoms with Crippen molar-refractivity contribution in [1.82, 2.24) is 0 Å². The smallest absolute Gasteiger partial charge is 0.123 e. The van der Waals surface area contributed by atoms with Gasteiger partial charge in [-0.1, -0.05) is 180 Å². The molecule has 3 heteroatoms. The lowest BCUT2D eigenvalue weighted by Crippen LogP contribution is -2.17. The van der Waals surface area contributed by atoms with Crippen molar-refractivity contribution in [3.63, 3.8) is 0 Å². The van der Waals surface area contributed by atoms with E-state index >= 15 is 0 Å². The van der Waals surface area contributed by atoms with Crippen molar-refractivity contribution in [3.8, 4) is 17.2 Å². The standard InChI is InChI=1S/C16H26O.C15H24O.C14H22O/c1-8-11-9-12(15(2,3)4)14(17)13(10-11)16(5,6)7;1-10-8-11(14(2,3)4)13(16)12(9-10)15(5,6)7;1-13(2,3)10-8-7-9-11(12(10)15)14(4,5)6/h9-10,17H,8H2,1-7H3;8-9,16H,1-7H3;7-9,15H,1-6H3. The minimum atomic E-state index is -0.0186. The highest BCUT2D eigenvalue weighted by atomic mass is 16.3. The minimum absolute atomic E-state index is 0.00859. The summed E-state index contributed by atoms with van der Waals surface area (Å²) in [4.78, 5) is 0. The molecule has 3 rings (SSSR count). The maximum atomic E-state index is 10.5. The van der Waals surface area contributed by atoms with E-state index in [1.54, 1.807) is 0 Å². The zero-order valence-electron chi connectivity index (χ0n) is 34.6. The summed E-state index contributed by atoms with van der Waals surface area (Å²) in [5.41, 5.74) is 8.67. The third kappa shape index (κ3) is 11.6. The Kier molecular flexibility index (Phi) is 13.4. The Morgan fingerprint density at radius 2 is 0.625 bits per heavy atom. The molecule has 270 valence electrons. The first kappa shape index (κ1) is 43.1. The molecular weight excluding hydrogens is 588 g/mol. The van der Waals surface area contributed by atoms with Crippen LogP contribution in [0.25, 0.3) is 0 Å². The fourth-order valence-corrected chi connectivity index (χ4v) is 5.72. The van der Waals surface area contributed by atoms with Crippen LogP contribution in [0.4, 0.5) is 0 Å². The molecular formula is C45H72O3. The number of hydrogen-bond acceptors (Lipinski definition) is 3. The molecule has 0 saturated carbocycles. The summed E-state index contributed by atoms with van der Waals surface area (Å²) in [6.07, 6.45) is 1.01. The number of aryl methyl sites for hydroxylation is 2. The largest absolute Gasteiger partial charge is 0.507 e. The van der Waals surface area contributed by atoms with Gasteiger partial charge in [0.15, 0.2) is 0 Å². The van der Waals surface area contributed by atoms with E-state index in [4.69, 9.17) is 0 Å². The van der Waals surface area contributed by atoms with Gasteiger partial charge in [0.05, 0.1) is 0 Å². The monoisotopic (exact) mass is 661 g/mol. The third-order valence-corrected chi connectivity index (χ3v) is 8.72. The van der Waals surface area contributed by atoms with Crippen molar-refractivity contribution in [2.75, 3.05) is 0 Å². The first-order chi connectivity index (χ1) is 21.2. The zero-order chi connectivity index (χ0) is 38.0. The summed E-state index contributed by atoms with van der Waals surface area (Å²) in [6, 6.07) is 14.5. The van der Waals surface area contributed by atoms with Crippen molar-refractivity contribution >= 4 is 0 Å². The van der Waals surface area contributed by atoms with Crippen LogP contribution < -0.4 is 0 Å². The predicted molar refractivity (Wildman–Crippen MR) is 211 cm³/mol. The Balaban J connectivity index is 0.000000361. The average molecular weight is 661 g/mol. The Labute approximate surface area is 296 Å². The number of aromatic hydroxyl groups is 3. The van der Waals surface area contributed by atoms with Gasteiger partial charge < -0.3 is 15.3 Å².